The molecule has 1 aromatic heterocycles. The van der Waals surface area contributed by atoms with Crippen molar-refractivity contribution in [3.8, 4) is 0 Å². The lowest BCUT2D eigenvalue weighted by Crippen LogP contribution is -2.46. The summed E-state index contributed by atoms with van der Waals surface area (Å²) in [5, 5.41) is 0. The SMILES string of the molecule is Cc1nc2c(c(=O)n1C(c1ccccc1)c1ccccc1)CCN(C(=O)N(C)c1ccc(Br)cc1)C2. The number of urea groups is 1. The van der Waals surface area contributed by atoms with Crippen molar-refractivity contribution >= 4 is 27.6 Å². The van der Waals surface area contributed by atoms with E-state index in [1.165, 1.54) is 0 Å². The zero-order valence-electron chi connectivity index (χ0n) is 20.3. The van der Waals surface area contributed by atoms with Crippen molar-refractivity contribution in [1.29, 1.82) is 0 Å². The molecule has 2 heterocycles. The molecule has 6 nitrogen and oxygen atoms in total. The summed E-state index contributed by atoms with van der Waals surface area (Å²) in [6.07, 6.45) is 0.470. The van der Waals surface area contributed by atoms with E-state index in [0.29, 0.717) is 36.6 Å². The van der Waals surface area contributed by atoms with Crippen LogP contribution in [0.4, 0.5) is 10.5 Å². The molecule has 0 aliphatic carbocycles. The minimum absolute atomic E-state index is 0.0384. The number of carbonyl (C=O) groups excluding carboxylic acids is 1. The number of carbonyl (C=O) groups is 1. The van der Waals surface area contributed by atoms with Crippen LogP contribution < -0.4 is 10.5 Å². The second-order valence-electron chi connectivity index (χ2n) is 8.97. The van der Waals surface area contributed by atoms with Crippen molar-refractivity contribution in [1.82, 2.24) is 14.5 Å². The quantitative estimate of drug-likeness (QED) is 0.339. The highest BCUT2D eigenvalue weighted by molar-refractivity contribution is 9.10. The molecule has 0 radical (unpaired) electrons. The van der Waals surface area contributed by atoms with Gasteiger partial charge in [0.15, 0.2) is 0 Å². The molecule has 2 amide bonds. The molecule has 0 saturated carbocycles. The highest BCUT2D eigenvalue weighted by Crippen LogP contribution is 2.28. The van der Waals surface area contributed by atoms with Crippen LogP contribution >= 0.6 is 15.9 Å². The molecular weight excluding hydrogens is 516 g/mol. The first kappa shape index (κ1) is 24.0. The van der Waals surface area contributed by atoms with Crippen molar-refractivity contribution in [2.45, 2.75) is 25.9 Å². The number of aryl methyl sites for hydroxylation is 1. The topological polar surface area (TPSA) is 58.4 Å². The molecule has 182 valence electrons. The highest BCUT2D eigenvalue weighted by atomic mass is 79.9. The molecule has 1 aliphatic rings. The van der Waals surface area contributed by atoms with Crippen molar-refractivity contribution in [3.05, 3.63) is 128 Å². The summed E-state index contributed by atoms with van der Waals surface area (Å²) in [5.41, 5.74) is 4.19. The Hall–Kier alpha value is -3.71. The van der Waals surface area contributed by atoms with Crippen molar-refractivity contribution in [3.63, 3.8) is 0 Å². The number of amides is 2. The maximum Gasteiger partial charge on any atom is 0.324 e. The van der Waals surface area contributed by atoms with Gasteiger partial charge in [0.2, 0.25) is 0 Å². The predicted octanol–water partition coefficient (Wildman–Crippen LogP) is 5.57. The smallest absolute Gasteiger partial charge is 0.318 e. The predicted molar refractivity (Wildman–Crippen MR) is 145 cm³/mol. The first-order chi connectivity index (χ1) is 17.4. The van der Waals surface area contributed by atoms with Crippen LogP contribution in [-0.2, 0) is 13.0 Å². The number of anilines is 1. The standard InChI is InChI=1S/C29H27BrN4O2/c1-20-31-26-19-33(29(36)32(2)24-15-13-23(30)14-16-24)18-17-25(26)28(35)34(20)27(21-9-5-3-6-10-21)22-11-7-4-8-12-22/h3-16,27H,17-19H2,1-2H3. The van der Waals surface area contributed by atoms with Gasteiger partial charge in [0.1, 0.15) is 5.82 Å². The molecular formula is C29H27BrN4O2. The third kappa shape index (κ3) is 4.58. The van der Waals surface area contributed by atoms with Gasteiger partial charge in [-0.3, -0.25) is 14.3 Å². The first-order valence-electron chi connectivity index (χ1n) is 11.9. The number of halogens is 1. The highest BCUT2D eigenvalue weighted by Gasteiger charge is 2.29. The number of fused-ring (bicyclic) bond motifs is 1. The van der Waals surface area contributed by atoms with Gasteiger partial charge in [0.25, 0.3) is 5.56 Å². The molecule has 0 N–H and O–H groups in total. The lowest BCUT2D eigenvalue weighted by atomic mass is 9.97. The Bertz CT molecular complexity index is 1400. The second kappa shape index (κ2) is 10.1. The lowest BCUT2D eigenvalue weighted by Gasteiger charge is -2.33. The Morgan fingerprint density at radius 2 is 1.53 bits per heavy atom. The summed E-state index contributed by atoms with van der Waals surface area (Å²) in [6, 6.07) is 27.3. The second-order valence-corrected chi connectivity index (χ2v) is 9.89. The largest absolute Gasteiger partial charge is 0.324 e. The fourth-order valence-corrected chi connectivity index (χ4v) is 5.10. The van der Waals surface area contributed by atoms with E-state index in [1.54, 1.807) is 21.4 Å². The number of rotatable bonds is 4. The van der Waals surface area contributed by atoms with Gasteiger partial charge in [-0.25, -0.2) is 9.78 Å². The van der Waals surface area contributed by atoms with Gasteiger partial charge >= 0.3 is 6.03 Å². The Kier molecular flexibility index (Phi) is 6.74. The van der Waals surface area contributed by atoms with Crippen LogP contribution in [0.3, 0.4) is 0 Å². The molecule has 5 rings (SSSR count). The fraction of sp³-hybridized carbons (Fsp3) is 0.207. The molecule has 4 aromatic rings. The molecule has 0 fully saturated rings. The van der Waals surface area contributed by atoms with E-state index >= 15 is 0 Å². The summed E-state index contributed by atoms with van der Waals surface area (Å²) in [4.78, 5) is 35.4. The maximum absolute atomic E-state index is 13.9. The molecule has 36 heavy (non-hydrogen) atoms. The number of hydrogen-bond acceptors (Lipinski definition) is 3. The van der Waals surface area contributed by atoms with E-state index in [4.69, 9.17) is 4.98 Å². The van der Waals surface area contributed by atoms with Gasteiger partial charge in [-0.05, 0) is 48.7 Å². The minimum Gasteiger partial charge on any atom is -0.318 e. The van der Waals surface area contributed by atoms with E-state index < -0.39 is 0 Å². The van der Waals surface area contributed by atoms with Crippen LogP contribution in [0.1, 0.15) is 34.3 Å². The van der Waals surface area contributed by atoms with Gasteiger partial charge in [-0.1, -0.05) is 76.6 Å². The van der Waals surface area contributed by atoms with E-state index in [0.717, 1.165) is 21.3 Å². The van der Waals surface area contributed by atoms with Crippen LogP contribution in [0.2, 0.25) is 0 Å². The van der Waals surface area contributed by atoms with Crippen LogP contribution in [0, 0.1) is 6.92 Å². The Balaban J connectivity index is 1.49. The van der Waals surface area contributed by atoms with E-state index in [-0.39, 0.29) is 17.6 Å². The summed E-state index contributed by atoms with van der Waals surface area (Å²) in [7, 11) is 1.77. The molecule has 3 aromatic carbocycles. The third-order valence-electron chi connectivity index (χ3n) is 6.70. The van der Waals surface area contributed by atoms with E-state index in [2.05, 4.69) is 15.9 Å². The number of benzene rings is 3. The zero-order chi connectivity index (χ0) is 25.2. The van der Waals surface area contributed by atoms with E-state index in [9.17, 15) is 9.59 Å². The van der Waals surface area contributed by atoms with Crippen LogP contribution in [0.25, 0.3) is 0 Å². The third-order valence-corrected chi connectivity index (χ3v) is 7.23. The summed E-state index contributed by atoms with van der Waals surface area (Å²) in [6.45, 7) is 2.65. The first-order valence-corrected chi connectivity index (χ1v) is 12.7. The molecule has 0 unspecified atom stereocenters. The van der Waals surface area contributed by atoms with Crippen molar-refractivity contribution < 1.29 is 4.79 Å². The normalized spacial score (nSPS) is 12.9. The summed E-state index contributed by atoms with van der Waals surface area (Å²) >= 11 is 3.43. The average molecular weight is 543 g/mol. The van der Waals surface area contributed by atoms with Crippen LogP contribution in [0.5, 0.6) is 0 Å². The Morgan fingerprint density at radius 3 is 2.11 bits per heavy atom. The molecule has 0 bridgehead atoms. The maximum atomic E-state index is 13.9. The summed E-state index contributed by atoms with van der Waals surface area (Å²) in [5.74, 6) is 0.631. The number of hydrogen-bond donors (Lipinski definition) is 0. The molecule has 7 heteroatoms. The molecule has 1 aliphatic heterocycles. The van der Waals surface area contributed by atoms with Gasteiger partial charge in [-0.2, -0.15) is 0 Å². The van der Waals surface area contributed by atoms with Crippen molar-refractivity contribution in [2.75, 3.05) is 18.5 Å². The zero-order valence-corrected chi connectivity index (χ0v) is 21.9. The summed E-state index contributed by atoms with van der Waals surface area (Å²) < 4.78 is 2.76. The van der Waals surface area contributed by atoms with E-state index in [1.807, 2.05) is 91.9 Å². The van der Waals surface area contributed by atoms with Crippen molar-refractivity contribution in [2.24, 2.45) is 0 Å². The Morgan fingerprint density at radius 1 is 0.944 bits per heavy atom. The molecule has 0 atom stereocenters. The minimum atomic E-state index is -0.277. The van der Waals surface area contributed by atoms with Gasteiger partial charge < -0.3 is 4.90 Å². The lowest BCUT2D eigenvalue weighted by molar-refractivity contribution is 0.199. The van der Waals surface area contributed by atoms with Crippen LogP contribution in [0.15, 0.2) is 94.2 Å². The fourth-order valence-electron chi connectivity index (χ4n) is 4.84. The van der Waals surface area contributed by atoms with Gasteiger partial charge in [0.05, 0.1) is 18.3 Å². The Labute approximate surface area is 219 Å². The molecule has 0 spiro atoms. The number of nitrogens with zero attached hydrogens (tertiary/aromatic N) is 4. The average Bonchev–Trinajstić information content (AvgIpc) is 2.91. The van der Waals surface area contributed by atoms with Gasteiger partial charge in [-0.15, -0.1) is 0 Å². The van der Waals surface area contributed by atoms with Gasteiger partial charge in [0, 0.05) is 29.3 Å². The number of aromatic nitrogens is 2. The monoisotopic (exact) mass is 542 g/mol. The van der Waals surface area contributed by atoms with Crippen LogP contribution in [-0.4, -0.2) is 34.1 Å². The molecule has 0 saturated heterocycles.